The number of anilines is 2. The second kappa shape index (κ2) is 10.2. The second-order valence-electron chi connectivity index (χ2n) is 9.66. The molecule has 0 saturated heterocycles. The number of nitrogens with zero attached hydrogens (tertiary/aromatic N) is 7. The summed E-state index contributed by atoms with van der Waals surface area (Å²) in [5.74, 6) is 1.84. The third-order valence-electron chi connectivity index (χ3n) is 6.48. The summed E-state index contributed by atoms with van der Waals surface area (Å²) in [5, 5.41) is 19.6. The normalized spacial score (nSPS) is 12.5. The zero-order valence-electron chi connectivity index (χ0n) is 22.7. The number of hydrogen-bond donors (Lipinski definition) is 1. The van der Waals surface area contributed by atoms with Gasteiger partial charge in [-0.05, 0) is 49.2 Å². The molecule has 212 valence electrons. The summed E-state index contributed by atoms with van der Waals surface area (Å²) < 4.78 is 47.6. The Kier molecular flexibility index (Phi) is 6.85. The summed E-state index contributed by atoms with van der Waals surface area (Å²) in [7, 11) is 5.21. The monoisotopic (exact) mass is 566 g/mol. The van der Waals surface area contributed by atoms with Crippen LogP contribution in [0.3, 0.4) is 0 Å². The van der Waals surface area contributed by atoms with Crippen LogP contribution in [0.2, 0.25) is 0 Å². The Bertz CT molecular complexity index is 1800. The molecule has 14 heteroatoms. The maximum Gasteiger partial charge on any atom is 0.416 e. The van der Waals surface area contributed by atoms with Crippen LogP contribution in [0.5, 0.6) is 5.75 Å². The molecule has 0 saturated carbocycles. The number of halogens is 3. The average molecular weight is 567 g/mol. The Morgan fingerprint density at radius 1 is 1.07 bits per heavy atom. The molecule has 0 bridgehead atoms. The summed E-state index contributed by atoms with van der Waals surface area (Å²) >= 11 is 0. The van der Waals surface area contributed by atoms with Crippen molar-refractivity contribution in [1.82, 2.24) is 24.6 Å². The molecule has 41 heavy (non-hydrogen) atoms. The fourth-order valence-corrected chi connectivity index (χ4v) is 4.42. The van der Waals surface area contributed by atoms with Gasteiger partial charge in [0.2, 0.25) is 5.95 Å². The van der Waals surface area contributed by atoms with E-state index >= 15 is 0 Å². The zero-order valence-corrected chi connectivity index (χ0v) is 22.7. The minimum absolute atomic E-state index is 0.0881. The van der Waals surface area contributed by atoms with Gasteiger partial charge in [0.15, 0.2) is 11.4 Å². The molecule has 0 aliphatic carbocycles. The fourth-order valence-electron chi connectivity index (χ4n) is 4.42. The van der Waals surface area contributed by atoms with Crippen LogP contribution in [0, 0.1) is 17.0 Å². The van der Waals surface area contributed by atoms with Gasteiger partial charge in [-0.2, -0.15) is 18.2 Å². The molecule has 0 amide bonds. The minimum atomic E-state index is -4.74. The molecule has 5 aromatic rings. The molecule has 0 radical (unpaired) electrons. The van der Waals surface area contributed by atoms with Gasteiger partial charge in [0.1, 0.15) is 11.6 Å². The molecule has 3 aromatic heterocycles. The number of nitro benzene ring substituents is 1. The highest BCUT2D eigenvalue weighted by Gasteiger charge is 2.33. The van der Waals surface area contributed by atoms with Gasteiger partial charge in [0.05, 0.1) is 29.2 Å². The van der Waals surface area contributed by atoms with Gasteiger partial charge < -0.3 is 15.0 Å². The van der Waals surface area contributed by atoms with Crippen LogP contribution in [0.1, 0.15) is 29.9 Å². The first-order valence-electron chi connectivity index (χ1n) is 12.4. The van der Waals surface area contributed by atoms with E-state index in [2.05, 4.69) is 25.4 Å². The smallest absolute Gasteiger partial charge is 0.416 e. The Labute approximate surface area is 231 Å². The Morgan fingerprint density at radius 2 is 1.83 bits per heavy atom. The van der Waals surface area contributed by atoms with E-state index in [1.807, 2.05) is 44.6 Å². The Balaban J connectivity index is 1.58. The topological polar surface area (TPSA) is 124 Å². The van der Waals surface area contributed by atoms with E-state index < -0.39 is 28.4 Å². The van der Waals surface area contributed by atoms with Crippen LogP contribution >= 0.6 is 0 Å². The van der Waals surface area contributed by atoms with Crippen LogP contribution in [-0.4, -0.2) is 50.7 Å². The lowest BCUT2D eigenvalue weighted by Crippen LogP contribution is -2.12. The number of aryl methyl sites for hydroxylation is 1. The molecule has 11 nitrogen and oxygen atoms in total. The van der Waals surface area contributed by atoms with Gasteiger partial charge in [0, 0.05) is 43.4 Å². The fraction of sp³-hybridized carbons (Fsp3) is 0.259. The zero-order chi connectivity index (χ0) is 29.6. The number of fused-ring (bicyclic) bond motifs is 2. The van der Waals surface area contributed by atoms with E-state index in [-0.39, 0.29) is 5.56 Å². The average Bonchev–Trinajstić information content (AvgIpc) is 3.36. The number of methoxy groups -OCH3 is 1. The van der Waals surface area contributed by atoms with Crippen molar-refractivity contribution in [3.8, 4) is 16.9 Å². The van der Waals surface area contributed by atoms with Crippen LogP contribution in [0.4, 0.5) is 30.6 Å². The van der Waals surface area contributed by atoms with Gasteiger partial charge in [-0.1, -0.05) is 6.07 Å². The van der Waals surface area contributed by atoms with Crippen LogP contribution < -0.4 is 15.0 Å². The van der Waals surface area contributed by atoms with E-state index in [4.69, 9.17) is 4.74 Å². The number of hydrogen-bond acceptors (Lipinski definition) is 9. The van der Waals surface area contributed by atoms with Gasteiger partial charge in [-0.25, -0.2) is 14.5 Å². The SMILES string of the molecule is COc1cc(-c2ccc3nc(C)nc(NC(C)c4cc([N+](=O)[O-])cc(C(F)(F)F)c4)c3c2)cn2nc(N(C)C)nc12. The lowest BCUT2D eigenvalue weighted by molar-refractivity contribution is -0.385. The molecule has 1 unspecified atom stereocenters. The van der Waals surface area contributed by atoms with Crippen molar-refractivity contribution in [2.24, 2.45) is 0 Å². The standard InChI is InChI=1S/C27H25F3N8O3/c1-14(17-8-19(27(28,29)30)12-20(9-17)38(39)40)31-24-21-10-16(6-7-22(21)32-15(2)33-24)18-11-23(41-5)25-34-26(36(3)4)35-37(25)13-18/h6-14H,1-5H3,(H,31,32,33). The number of pyridine rings is 1. The number of rotatable bonds is 7. The third kappa shape index (κ3) is 5.40. The molecule has 0 aliphatic rings. The van der Waals surface area contributed by atoms with Crippen LogP contribution in [0.15, 0.2) is 48.7 Å². The molecule has 0 aliphatic heterocycles. The Morgan fingerprint density at radius 3 is 2.49 bits per heavy atom. The van der Waals surface area contributed by atoms with Gasteiger partial charge >= 0.3 is 6.18 Å². The number of nitro groups is 1. The van der Waals surface area contributed by atoms with Crippen LogP contribution in [-0.2, 0) is 6.18 Å². The van der Waals surface area contributed by atoms with Crippen molar-refractivity contribution in [3.05, 3.63) is 75.7 Å². The van der Waals surface area contributed by atoms with Crippen molar-refractivity contribution in [2.75, 3.05) is 31.4 Å². The lowest BCUT2D eigenvalue weighted by Gasteiger charge is -2.18. The summed E-state index contributed by atoms with van der Waals surface area (Å²) in [6, 6.07) is 9.16. The molecule has 3 heterocycles. The van der Waals surface area contributed by atoms with Gasteiger partial charge in [0.25, 0.3) is 5.69 Å². The molecule has 1 N–H and O–H groups in total. The van der Waals surface area contributed by atoms with Crippen molar-refractivity contribution >= 4 is 34.0 Å². The largest absolute Gasteiger partial charge is 0.493 e. The first-order valence-corrected chi connectivity index (χ1v) is 12.4. The van der Waals surface area contributed by atoms with Crippen molar-refractivity contribution in [1.29, 1.82) is 0 Å². The molecule has 5 rings (SSSR count). The first kappa shape index (κ1) is 27.6. The van der Waals surface area contributed by atoms with E-state index in [9.17, 15) is 23.3 Å². The summed E-state index contributed by atoms with van der Waals surface area (Å²) in [5.41, 5.74) is 1.03. The van der Waals surface area contributed by atoms with Crippen molar-refractivity contribution in [3.63, 3.8) is 0 Å². The highest BCUT2D eigenvalue weighted by Crippen LogP contribution is 2.36. The van der Waals surface area contributed by atoms with E-state index in [1.54, 1.807) is 30.4 Å². The highest BCUT2D eigenvalue weighted by atomic mass is 19.4. The van der Waals surface area contributed by atoms with Crippen LogP contribution in [0.25, 0.3) is 27.7 Å². The lowest BCUT2D eigenvalue weighted by atomic mass is 10.0. The molecular weight excluding hydrogens is 541 g/mol. The number of non-ortho nitro benzene ring substituents is 1. The summed E-state index contributed by atoms with van der Waals surface area (Å²) in [6.07, 6.45) is -2.93. The molecular formula is C27H25F3N8O3. The molecule has 0 fully saturated rings. The second-order valence-corrected chi connectivity index (χ2v) is 9.66. The quantitative estimate of drug-likeness (QED) is 0.192. The molecule has 2 aromatic carbocycles. The third-order valence-corrected chi connectivity index (χ3v) is 6.48. The molecule has 0 spiro atoms. The van der Waals surface area contributed by atoms with E-state index in [1.165, 1.54) is 0 Å². The number of ether oxygens (including phenoxy) is 1. The van der Waals surface area contributed by atoms with Gasteiger partial charge in [-0.15, -0.1) is 5.10 Å². The maximum absolute atomic E-state index is 13.5. The van der Waals surface area contributed by atoms with Crippen molar-refractivity contribution < 1.29 is 22.8 Å². The summed E-state index contributed by atoms with van der Waals surface area (Å²) in [6.45, 7) is 3.31. The van der Waals surface area contributed by atoms with Gasteiger partial charge in [-0.3, -0.25) is 10.1 Å². The molecule has 1 atom stereocenters. The summed E-state index contributed by atoms with van der Waals surface area (Å²) in [4.78, 5) is 25.8. The number of nitrogens with one attached hydrogen (secondary N) is 1. The number of benzene rings is 2. The first-order chi connectivity index (χ1) is 19.3. The predicted octanol–water partition coefficient (Wildman–Crippen LogP) is 5.82. The highest BCUT2D eigenvalue weighted by molar-refractivity contribution is 5.93. The predicted molar refractivity (Wildman–Crippen MR) is 147 cm³/mol. The number of aromatic nitrogens is 5. The minimum Gasteiger partial charge on any atom is -0.493 e. The van der Waals surface area contributed by atoms with Crippen molar-refractivity contribution in [2.45, 2.75) is 26.1 Å². The Hall–Kier alpha value is -5.01. The van der Waals surface area contributed by atoms with E-state index in [0.29, 0.717) is 46.0 Å². The number of alkyl halides is 3. The van der Waals surface area contributed by atoms with E-state index in [0.717, 1.165) is 23.3 Å². The maximum atomic E-state index is 13.5.